The Morgan fingerprint density at radius 2 is 1.50 bits per heavy atom. The maximum absolute atomic E-state index is 12.5. The molecule has 194 valence electrons. The number of fused-ring (bicyclic) bond motifs is 5. The first-order chi connectivity index (χ1) is 15.6. The molecule has 4 fully saturated rings. The minimum absolute atomic E-state index is 0.0115. The molecule has 9 atom stereocenters. The Bertz CT molecular complexity index is 815. The van der Waals surface area contributed by atoms with Crippen LogP contribution in [-0.4, -0.2) is 32.3 Å². The molecular formula is C29H50O4Si. The number of Topliss-reactive ketones (excluding diaryl/α,β-unsaturated/α-hetero) is 1. The van der Waals surface area contributed by atoms with Crippen molar-refractivity contribution in [2.45, 2.75) is 130 Å². The van der Waals surface area contributed by atoms with Crippen molar-refractivity contribution >= 4 is 20.1 Å². The third kappa shape index (κ3) is 4.25. The van der Waals surface area contributed by atoms with Gasteiger partial charge in [0.15, 0.2) is 8.32 Å². The second-order valence-corrected chi connectivity index (χ2v) is 19.2. The van der Waals surface area contributed by atoms with Crippen LogP contribution in [0.2, 0.25) is 18.1 Å². The van der Waals surface area contributed by atoms with Crippen LogP contribution in [0.15, 0.2) is 0 Å². The lowest BCUT2D eigenvalue weighted by Crippen LogP contribution is -2.60. The highest BCUT2D eigenvalue weighted by Crippen LogP contribution is 2.68. The van der Waals surface area contributed by atoms with Crippen molar-refractivity contribution in [2.24, 2.45) is 40.4 Å². The molecule has 4 aliphatic carbocycles. The van der Waals surface area contributed by atoms with Gasteiger partial charge in [0.05, 0.1) is 0 Å². The lowest BCUT2D eigenvalue weighted by molar-refractivity contribution is -0.193. The molecular weight excluding hydrogens is 440 g/mol. The van der Waals surface area contributed by atoms with Gasteiger partial charge in [-0.25, -0.2) is 0 Å². The van der Waals surface area contributed by atoms with E-state index in [1.165, 1.54) is 12.8 Å². The lowest BCUT2D eigenvalue weighted by atomic mass is 9.44. The smallest absolute Gasteiger partial charge is 0.302 e. The summed E-state index contributed by atoms with van der Waals surface area (Å²) in [5, 5.41) is 0.217. The van der Waals surface area contributed by atoms with Crippen LogP contribution in [0.25, 0.3) is 0 Å². The Hall–Kier alpha value is -0.683. The summed E-state index contributed by atoms with van der Waals surface area (Å²) in [6, 6.07) is 0. The maximum atomic E-state index is 12.5. The molecule has 0 bridgehead atoms. The molecule has 4 aliphatic rings. The predicted octanol–water partition coefficient (Wildman–Crippen LogP) is 7.17. The van der Waals surface area contributed by atoms with Gasteiger partial charge in [0.2, 0.25) is 0 Å². The Balaban J connectivity index is 1.61. The number of ether oxygens (including phenoxy) is 1. The van der Waals surface area contributed by atoms with Gasteiger partial charge in [0.25, 0.3) is 0 Å². The van der Waals surface area contributed by atoms with E-state index in [4.69, 9.17) is 9.16 Å². The van der Waals surface area contributed by atoms with E-state index in [1.54, 1.807) is 13.8 Å². The molecule has 0 saturated heterocycles. The van der Waals surface area contributed by atoms with Crippen molar-refractivity contribution in [1.82, 2.24) is 0 Å². The zero-order valence-corrected chi connectivity index (χ0v) is 24.3. The molecule has 0 spiro atoms. The van der Waals surface area contributed by atoms with Gasteiger partial charge < -0.3 is 9.16 Å². The molecule has 5 heteroatoms. The van der Waals surface area contributed by atoms with Gasteiger partial charge in [-0.2, -0.15) is 0 Å². The maximum Gasteiger partial charge on any atom is 0.302 e. The summed E-state index contributed by atoms with van der Waals surface area (Å²) in [7, 11) is -1.81. The first-order valence-corrected chi connectivity index (χ1v) is 16.9. The largest absolute Gasteiger partial charge is 0.462 e. The van der Waals surface area contributed by atoms with E-state index in [9.17, 15) is 9.59 Å². The van der Waals surface area contributed by atoms with E-state index in [2.05, 4.69) is 47.7 Å². The monoisotopic (exact) mass is 490 g/mol. The summed E-state index contributed by atoms with van der Waals surface area (Å²) in [4.78, 5) is 24.8. The quantitative estimate of drug-likeness (QED) is 0.310. The molecule has 4 saturated carbocycles. The molecule has 0 heterocycles. The van der Waals surface area contributed by atoms with Crippen LogP contribution in [-0.2, 0) is 18.8 Å². The number of carbonyl (C=O) groups is 2. The summed E-state index contributed by atoms with van der Waals surface area (Å²) in [6.45, 7) is 20.0. The third-order valence-electron chi connectivity index (χ3n) is 11.7. The second kappa shape index (κ2) is 8.71. The van der Waals surface area contributed by atoms with Crippen molar-refractivity contribution in [3.05, 3.63) is 0 Å². The highest BCUT2D eigenvalue weighted by atomic mass is 28.4. The van der Waals surface area contributed by atoms with Crippen LogP contribution in [0.5, 0.6) is 0 Å². The highest BCUT2D eigenvalue weighted by Gasteiger charge is 2.64. The first-order valence-electron chi connectivity index (χ1n) is 14.0. The number of rotatable bonds is 4. The third-order valence-corrected chi connectivity index (χ3v) is 16.2. The number of hydrogen-bond acceptors (Lipinski definition) is 4. The average Bonchev–Trinajstić information content (AvgIpc) is 3.05. The second-order valence-electron chi connectivity index (χ2n) is 14.4. The summed E-state index contributed by atoms with van der Waals surface area (Å²) in [5.74, 6) is 2.38. The minimum Gasteiger partial charge on any atom is -0.462 e. The molecule has 0 unspecified atom stereocenters. The van der Waals surface area contributed by atoms with Gasteiger partial charge in [-0.15, -0.1) is 0 Å². The summed E-state index contributed by atoms with van der Waals surface area (Å²) < 4.78 is 13.0. The van der Waals surface area contributed by atoms with Crippen molar-refractivity contribution in [2.75, 3.05) is 0 Å². The molecule has 4 rings (SSSR count). The average molecular weight is 491 g/mol. The molecule has 0 aliphatic heterocycles. The number of hydrogen-bond donors (Lipinski definition) is 0. The number of esters is 1. The molecule has 0 N–H and O–H groups in total. The van der Waals surface area contributed by atoms with Crippen molar-refractivity contribution in [3.8, 4) is 0 Å². The van der Waals surface area contributed by atoms with Gasteiger partial charge in [0.1, 0.15) is 11.9 Å². The number of ketones is 1. The summed E-state index contributed by atoms with van der Waals surface area (Å²) in [5.41, 5.74) is 0.349. The highest BCUT2D eigenvalue weighted by molar-refractivity contribution is 6.74. The molecule has 0 radical (unpaired) electrons. The summed E-state index contributed by atoms with van der Waals surface area (Å²) >= 11 is 0. The minimum atomic E-state index is -1.81. The fraction of sp³-hybridized carbons (Fsp3) is 0.931. The SMILES string of the molecule is CC(=O)O[C@@H]1C[C@H]2C[C@H](O[Si](C)(C)C(C)(C)C)CC[C@]2(C)[C@H]2CC[C@]3(C)[C@@H](C(C)=O)CC[C@H]3[C@H]12. The number of carbonyl (C=O) groups excluding carboxylic acids is 2. The van der Waals surface area contributed by atoms with Crippen molar-refractivity contribution in [3.63, 3.8) is 0 Å². The van der Waals surface area contributed by atoms with Crippen LogP contribution in [0.3, 0.4) is 0 Å². The Morgan fingerprint density at radius 3 is 2.09 bits per heavy atom. The molecule has 34 heavy (non-hydrogen) atoms. The fourth-order valence-corrected chi connectivity index (χ4v) is 10.3. The zero-order valence-electron chi connectivity index (χ0n) is 23.3. The van der Waals surface area contributed by atoms with Crippen LogP contribution in [0.4, 0.5) is 0 Å². The molecule has 0 amide bonds. The summed E-state index contributed by atoms with van der Waals surface area (Å²) in [6.07, 6.45) is 9.17. The Morgan fingerprint density at radius 1 is 0.882 bits per heavy atom. The van der Waals surface area contributed by atoms with Gasteiger partial charge in [0, 0.05) is 24.9 Å². The van der Waals surface area contributed by atoms with Crippen molar-refractivity contribution < 1.29 is 18.8 Å². The molecule has 0 aromatic carbocycles. The topological polar surface area (TPSA) is 52.6 Å². The van der Waals surface area contributed by atoms with Crippen LogP contribution in [0, 0.1) is 40.4 Å². The van der Waals surface area contributed by atoms with Crippen LogP contribution in [0.1, 0.15) is 99.8 Å². The van der Waals surface area contributed by atoms with Gasteiger partial charge >= 0.3 is 5.97 Å². The fourth-order valence-electron chi connectivity index (χ4n) is 8.86. The van der Waals surface area contributed by atoms with Gasteiger partial charge in [-0.3, -0.25) is 9.59 Å². The van der Waals surface area contributed by atoms with E-state index in [1.807, 2.05) is 0 Å². The van der Waals surface area contributed by atoms with Crippen molar-refractivity contribution in [1.29, 1.82) is 0 Å². The van der Waals surface area contributed by atoms with E-state index in [0.29, 0.717) is 35.6 Å². The van der Waals surface area contributed by atoms with Gasteiger partial charge in [-0.1, -0.05) is 34.6 Å². The predicted molar refractivity (Wildman–Crippen MR) is 139 cm³/mol. The van der Waals surface area contributed by atoms with Crippen LogP contribution < -0.4 is 0 Å². The van der Waals surface area contributed by atoms with E-state index >= 15 is 0 Å². The first kappa shape index (κ1) is 26.4. The van der Waals surface area contributed by atoms with E-state index in [-0.39, 0.29) is 33.9 Å². The standard InChI is InChI=1S/C29H50O4Si/c1-18(30)22-10-11-23-26-24(13-15-29(22,23)7)28(6)14-12-21(33-34(8,9)27(3,4)5)16-20(28)17-25(26)32-19(2)31/h20-26H,10-17H2,1-9H3/t20-,21-,22-,23+,24+,25-,26+,28+,29-/m1/s1. The van der Waals surface area contributed by atoms with E-state index in [0.717, 1.165) is 38.5 Å². The normalized spacial score (nSPS) is 44.6. The lowest BCUT2D eigenvalue weighted by Gasteiger charge is -2.63. The molecule has 4 nitrogen and oxygen atoms in total. The Labute approximate surface area is 209 Å². The van der Waals surface area contributed by atoms with Crippen LogP contribution >= 0.6 is 0 Å². The molecule has 0 aromatic rings. The molecule has 0 aromatic heterocycles. The Kier molecular flexibility index (Phi) is 6.76. The van der Waals surface area contributed by atoms with E-state index < -0.39 is 8.32 Å². The zero-order chi connectivity index (χ0) is 25.3. The van der Waals surface area contributed by atoms with Gasteiger partial charge in [-0.05, 0) is 105 Å².